The van der Waals surface area contributed by atoms with E-state index in [4.69, 9.17) is 16.7 Å². The van der Waals surface area contributed by atoms with Crippen LogP contribution in [0.15, 0.2) is 18.2 Å². The zero-order chi connectivity index (χ0) is 14.9. The van der Waals surface area contributed by atoms with Crippen molar-refractivity contribution in [3.63, 3.8) is 0 Å². The monoisotopic (exact) mass is 301 g/mol. The highest BCUT2D eigenvalue weighted by Crippen LogP contribution is 2.24. The number of amides is 1. The van der Waals surface area contributed by atoms with Crippen LogP contribution in [0.1, 0.15) is 23.2 Å². The van der Waals surface area contributed by atoms with Crippen LogP contribution in [0.5, 0.6) is 0 Å². The number of benzene rings is 1. The van der Waals surface area contributed by atoms with Crippen molar-refractivity contribution < 1.29 is 24.2 Å². The Kier molecular flexibility index (Phi) is 3.96. The van der Waals surface area contributed by atoms with Gasteiger partial charge in [0.15, 0.2) is 5.60 Å². The van der Waals surface area contributed by atoms with Gasteiger partial charge in [-0.2, -0.15) is 0 Å². The average Bonchev–Trinajstić information content (AvgIpc) is 2.38. The number of halogens is 2. The molecule has 0 atom stereocenters. The number of nitrogens with zero attached hydrogens (tertiary/aromatic N) is 1. The predicted molar refractivity (Wildman–Crippen MR) is 69.1 cm³/mol. The van der Waals surface area contributed by atoms with Crippen molar-refractivity contribution in [2.45, 2.75) is 18.4 Å². The topological polar surface area (TPSA) is 77.8 Å². The van der Waals surface area contributed by atoms with E-state index < -0.39 is 23.3 Å². The van der Waals surface area contributed by atoms with Gasteiger partial charge in [-0.25, -0.2) is 9.18 Å². The first-order chi connectivity index (χ1) is 9.33. The van der Waals surface area contributed by atoms with Gasteiger partial charge in [0.25, 0.3) is 5.91 Å². The van der Waals surface area contributed by atoms with E-state index in [1.807, 2.05) is 0 Å². The molecule has 0 unspecified atom stereocenters. The molecule has 2 rings (SSSR count). The molecule has 1 aromatic carbocycles. The number of carboxylic acid groups (broad SMARTS) is 1. The number of carbonyl (C=O) groups excluding carboxylic acids is 1. The first kappa shape index (κ1) is 14.7. The van der Waals surface area contributed by atoms with Gasteiger partial charge in [-0.05, 0) is 18.2 Å². The number of rotatable bonds is 2. The van der Waals surface area contributed by atoms with Gasteiger partial charge in [-0.1, -0.05) is 11.6 Å². The lowest BCUT2D eigenvalue weighted by molar-refractivity contribution is -0.162. The third-order valence-electron chi connectivity index (χ3n) is 3.44. The summed E-state index contributed by atoms with van der Waals surface area (Å²) in [5, 5.41) is 18.9. The fourth-order valence-corrected chi connectivity index (χ4v) is 2.29. The Morgan fingerprint density at radius 2 is 1.90 bits per heavy atom. The number of hydrogen-bond acceptors (Lipinski definition) is 3. The molecule has 0 aromatic heterocycles. The maximum absolute atomic E-state index is 13.7. The number of aliphatic hydroxyl groups is 1. The molecule has 20 heavy (non-hydrogen) atoms. The molecule has 1 aromatic rings. The molecule has 0 saturated carbocycles. The zero-order valence-corrected chi connectivity index (χ0v) is 11.2. The molecule has 2 N–H and O–H groups in total. The van der Waals surface area contributed by atoms with Crippen molar-refractivity contribution in [1.29, 1.82) is 0 Å². The van der Waals surface area contributed by atoms with Gasteiger partial charge < -0.3 is 15.1 Å². The molecule has 0 aliphatic carbocycles. The quantitative estimate of drug-likeness (QED) is 0.868. The second kappa shape index (κ2) is 5.38. The Balaban J connectivity index is 2.11. The van der Waals surface area contributed by atoms with E-state index in [-0.39, 0.29) is 36.5 Å². The SMILES string of the molecule is O=C(c1ccc(Cl)cc1F)N1CCC(O)(C(=O)O)CC1. The fourth-order valence-electron chi connectivity index (χ4n) is 2.13. The lowest BCUT2D eigenvalue weighted by atomic mass is 9.91. The van der Waals surface area contributed by atoms with Crippen LogP contribution in [0.25, 0.3) is 0 Å². The lowest BCUT2D eigenvalue weighted by Crippen LogP contribution is -2.50. The van der Waals surface area contributed by atoms with E-state index >= 15 is 0 Å². The summed E-state index contributed by atoms with van der Waals surface area (Å²) >= 11 is 5.62. The maximum Gasteiger partial charge on any atom is 0.335 e. The molecule has 0 spiro atoms. The van der Waals surface area contributed by atoms with Crippen molar-refractivity contribution in [2.24, 2.45) is 0 Å². The summed E-state index contributed by atoms with van der Waals surface area (Å²) in [5.74, 6) is -2.56. The number of hydrogen-bond donors (Lipinski definition) is 2. The van der Waals surface area contributed by atoms with Crippen LogP contribution in [-0.4, -0.2) is 45.7 Å². The molecular formula is C13H13ClFNO4. The minimum Gasteiger partial charge on any atom is -0.479 e. The molecular weight excluding hydrogens is 289 g/mol. The van der Waals surface area contributed by atoms with Crippen molar-refractivity contribution in [2.75, 3.05) is 13.1 Å². The highest BCUT2D eigenvalue weighted by molar-refractivity contribution is 6.30. The van der Waals surface area contributed by atoms with E-state index in [0.29, 0.717) is 0 Å². The zero-order valence-electron chi connectivity index (χ0n) is 10.5. The third kappa shape index (κ3) is 2.76. The van der Waals surface area contributed by atoms with Gasteiger partial charge in [0.2, 0.25) is 0 Å². The standard InChI is InChI=1S/C13H13ClFNO4/c14-8-1-2-9(10(15)7-8)11(17)16-5-3-13(20,4-6-16)12(18)19/h1-2,7,20H,3-6H2,(H,18,19). The van der Waals surface area contributed by atoms with E-state index in [2.05, 4.69) is 0 Å². The lowest BCUT2D eigenvalue weighted by Gasteiger charge is -2.35. The molecule has 0 bridgehead atoms. The maximum atomic E-state index is 13.7. The number of carbonyl (C=O) groups is 2. The van der Waals surface area contributed by atoms with Crippen LogP contribution in [0.3, 0.4) is 0 Å². The molecule has 7 heteroatoms. The Hall–Kier alpha value is -1.66. The molecule has 1 amide bonds. The molecule has 1 heterocycles. The van der Waals surface area contributed by atoms with Crippen LogP contribution >= 0.6 is 11.6 Å². The average molecular weight is 302 g/mol. The number of likely N-dealkylation sites (tertiary alicyclic amines) is 1. The van der Waals surface area contributed by atoms with Gasteiger partial charge in [0.05, 0.1) is 5.56 Å². The minimum atomic E-state index is -1.81. The summed E-state index contributed by atoms with van der Waals surface area (Å²) in [4.78, 5) is 24.3. The van der Waals surface area contributed by atoms with Crippen molar-refractivity contribution >= 4 is 23.5 Å². The summed E-state index contributed by atoms with van der Waals surface area (Å²) in [6, 6.07) is 3.75. The van der Waals surface area contributed by atoms with E-state index in [1.165, 1.54) is 17.0 Å². The van der Waals surface area contributed by atoms with Gasteiger partial charge in [0, 0.05) is 31.0 Å². The Bertz CT molecular complexity index is 555. The van der Waals surface area contributed by atoms with Gasteiger partial charge in [-0.15, -0.1) is 0 Å². The number of aliphatic carboxylic acids is 1. The highest BCUT2D eigenvalue weighted by Gasteiger charge is 2.40. The second-order valence-corrected chi connectivity index (χ2v) is 5.19. The van der Waals surface area contributed by atoms with Crippen molar-refractivity contribution in [3.8, 4) is 0 Å². The summed E-state index contributed by atoms with van der Waals surface area (Å²) in [6.45, 7) is 0.118. The Morgan fingerprint density at radius 3 is 2.40 bits per heavy atom. The molecule has 5 nitrogen and oxygen atoms in total. The molecule has 1 saturated heterocycles. The minimum absolute atomic E-state index is 0.0592. The van der Waals surface area contributed by atoms with Gasteiger partial charge in [0.1, 0.15) is 5.82 Å². The van der Waals surface area contributed by atoms with E-state index in [0.717, 1.165) is 6.07 Å². The summed E-state index contributed by atoms with van der Waals surface area (Å²) in [7, 11) is 0. The second-order valence-electron chi connectivity index (χ2n) is 4.75. The first-order valence-corrected chi connectivity index (χ1v) is 6.41. The number of piperidine rings is 1. The van der Waals surface area contributed by atoms with Gasteiger partial charge in [-0.3, -0.25) is 4.79 Å². The van der Waals surface area contributed by atoms with Crippen LogP contribution in [0.2, 0.25) is 5.02 Å². The highest BCUT2D eigenvalue weighted by atomic mass is 35.5. The summed E-state index contributed by atoms with van der Waals surface area (Å²) < 4.78 is 13.7. The Morgan fingerprint density at radius 1 is 1.30 bits per heavy atom. The van der Waals surface area contributed by atoms with Crippen LogP contribution in [-0.2, 0) is 4.79 Å². The van der Waals surface area contributed by atoms with Crippen molar-refractivity contribution in [3.05, 3.63) is 34.6 Å². The molecule has 1 aliphatic rings. The van der Waals surface area contributed by atoms with E-state index in [9.17, 15) is 19.1 Å². The number of carboxylic acids is 1. The molecule has 0 radical (unpaired) electrons. The normalized spacial score (nSPS) is 17.9. The fraction of sp³-hybridized carbons (Fsp3) is 0.385. The summed E-state index contributed by atoms with van der Waals surface area (Å²) in [6.07, 6.45) is -0.160. The van der Waals surface area contributed by atoms with E-state index in [1.54, 1.807) is 0 Å². The summed E-state index contributed by atoms with van der Waals surface area (Å²) in [5.41, 5.74) is -1.93. The molecule has 1 fully saturated rings. The molecule has 108 valence electrons. The Labute approximate surface area is 119 Å². The van der Waals surface area contributed by atoms with Crippen LogP contribution in [0, 0.1) is 5.82 Å². The predicted octanol–water partition coefficient (Wildman–Crippen LogP) is 1.53. The third-order valence-corrected chi connectivity index (χ3v) is 3.67. The smallest absolute Gasteiger partial charge is 0.335 e. The van der Waals surface area contributed by atoms with Gasteiger partial charge >= 0.3 is 5.97 Å². The molecule has 1 aliphatic heterocycles. The van der Waals surface area contributed by atoms with Crippen molar-refractivity contribution in [1.82, 2.24) is 4.90 Å². The largest absolute Gasteiger partial charge is 0.479 e. The van der Waals surface area contributed by atoms with Crippen LogP contribution in [0.4, 0.5) is 4.39 Å². The first-order valence-electron chi connectivity index (χ1n) is 6.03. The van der Waals surface area contributed by atoms with Crippen LogP contribution < -0.4 is 0 Å².